The highest BCUT2D eigenvalue weighted by Crippen LogP contribution is 2.19. The maximum absolute atomic E-state index is 11.9. The maximum Gasteiger partial charge on any atom is 0.277 e. The van der Waals surface area contributed by atoms with Crippen molar-refractivity contribution in [3.63, 3.8) is 0 Å². The number of aromatic nitrogens is 2. The van der Waals surface area contributed by atoms with Crippen LogP contribution in [0.4, 0.5) is 0 Å². The second kappa shape index (κ2) is 7.55. The Morgan fingerprint density at radius 3 is 2.80 bits per heavy atom. The Kier molecular flexibility index (Phi) is 6.36. The number of rotatable bonds is 7. The molecule has 0 aliphatic carbocycles. The molecule has 1 heterocycles. The van der Waals surface area contributed by atoms with Gasteiger partial charge in [-0.05, 0) is 19.1 Å². The quantitative estimate of drug-likeness (QED) is 0.770. The fourth-order valence-electron chi connectivity index (χ4n) is 1.23. The molecule has 1 atom stereocenters. The van der Waals surface area contributed by atoms with Gasteiger partial charge in [0.1, 0.15) is 5.54 Å². The van der Waals surface area contributed by atoms with Crippen molar-refractivity contribution in [2.24, 2.45) is 5.92 Å². The van der Waals surface area contributed by atoms with E-state index in [4.69, 9.17) is 9.68 Å². The predicted octanol–water partition coefficient (Wildman–Crippen LogP) is 2.08. The Morgan fingerprint density at radius 2 is 2.25 bits per heavy atom. The molecule has 1 N–H and O–H groups in total. The lowest BCUT2D eigenvalue weighted by atomic mass is 9.90. The van der Waals surface area contributed by atoms with Crippen molar-refractivity contribution in [2.75, 3.05) is 12.0 Å². The maximum atomic E-state index is 11.9. The Hall–Kier alpha value is -1.20. The summed E-state index contributed by atoms with van der Waals surface area (Å²) in [7, 11) is 0. The summed E-state index contributed by atoms with van der Waals surface area (Å²) in [5.41, 5.74) is -0.865. The first-order chi connectivity index (χ1) is 9.41. The van der Waals surface area contributed by atoms with Gasteiger partial charge in [0.25, 0.3) is 5.22 Å². The number of thioether (sulfide) groups is 2. The minimum Gasteiger partial charge on any atom is -0.415 e. The summed E-state index contributed by atoms with van der Waals surface area (Å²) >= 11 is 2.75. The van der Waals surface area contributed by atoms with E-state index in [1.165, 1.54) is 11.8 Å². The standard InChI is InChI=1S/C12H18N4O2S2/c1-8(2)12(3,7-13)14-9(17)5-20-11-16-15-10(18-11)6-19-4/h8H,5-6H2,1-4H3,(H,14,17). The number of nitrogens with zero attached hydrogens (tertiary/aromatic N) is 3. The molecule has 1 aromatic heterocycles. The molecule has 1 amide bonds. The molecule has 1 aromatic rings. The van der Waals surface area contributed by atoms with Crippen LogP contribution in [0.5, 0.6) is 0 Å². The Labute approximate surface area is 127 Å². The van der Waals surface area contributed by atoms with E-state index >= 15 is 0 Å². The molecule has 0 bridgehead atoms. The highest BCUT2D eigenvalue weighted by Gasteiger charge is 2.29. The normalized spacial score (nSPS) is 13.8. The first kappa shape index (κ1) is 16.9. The van der Waals surface area contributed by atoms with Gasteiger partial charge in [-0.3, -0.25) is 4.79 Å². The molecule has 110 valence electrons. The molecule has 1 unspecified atom stereocenters. The zero-order valence-corrected chi connectivity index (χ0v) is 13.6. The molecule has 6 nitrogen and oxygen atoms in total. The van der Waals surface area contributed by atoms with Gasteiger partial charge in [-0.2, -0.15) is 17.0 Å². The third-order valence-electron chi connectivity index (χ3n) is 2.83. The third-order valence-corrected chi connectivity index (χ3v) is 4.18. The Morgan fingerprint density at radius 1 is 1.55 bits per heavy atom. The Balaban J connectivity index is 2.49. The van der Waals surface area contributed by atoms with Crippen LogP contribution in [0.2, 0.25) is 0 Å². The van der Waals surface area contributed by atoms with Crippen LogP contribution in [0.15, 0.2) is 9.64 Å². The van der Waals surface area contributed by atoms with Crippen molar-refractivity contribution in [2.45, 2.75) is 37.3 Å². The van der Waals surface area contributed by atoms with Crippen LogP contribution in [-0.2, 0) is 10.5 Å². The third kappa shape index (κ3) is 4.72. The average molecular weight is 314 g/mol. The number of hydrogen-bond donors (Lipinski definition) is 1. The van der Waals surface area contributed by atoms with E-state index in [-0.39, 0.29) is 17.6 Å². The van der Waals surface area contributed by atoms with E-state index in [1.54, 1.807) is 18.7 Å². The van der Waals surface area contributed by atoms with Gasteiger partial charge in [-0.15, -0.1) is 10.2 Å². The first-order valence-corrected chi connectivity index (χ1v) is 8.45. The smallest absolute Gasteiger partial charge is 0.277 e. The number of carbonyl (C=O) groups excluding carboxylic acids is 1. The van der Waals surface area contributed by atoms with Crippen molar-refractivity contribution in [1.82, 2.24) is 15.5 Å². The van der Waals surface area contributed by atoms with Crippen molar-refractivity contribution >= 4 is 29.4 Å². The van der Waals surface area contributed by atoms with Gasteiger partial charge in [0, 0.05) is 0 Å². The summed E-state index contributed by atoms with van der Waals surface area (Å²) in [4.78, 5) is 11.9. The van der Waals surface area contributed by atoms with Gasteiger partial charge < -0.3 is 9.73 Å². The highest BCUT2D eigenvalue weighted by molar-refractivity contribution is 7.99. The van der Waals surface area contributed by atoms with Crippen molar-refractivity contribution in [3.8, 4) is 6.07 Å². The van der Waals surface area contributed by atoms with Gasteiger partial charge in [-0.25, -0.2) is 0 Å². The summed E-state index contributed by atoms with van der Waals surface area (Å²) in [6, 6.07) is 2.13. The molecule has 0 radical (unpaired) electrons. The molecule has 0 aromatic carbocycles. The summed E-state index contributed by atoms with van der Waals surface area (Å²) < 4.78 is 5.35. The van der Waals surface area contributed by atoms with Gasteiger partial charge in [-0.1, -0.05) is 25.6 Å². The molecule has 8 heteroatoms. The van der Waals surface area contributed by atoms with E-state index in [1.807, 2.05) is 20.1 Å². The number of nitrogens with one attached hydrogen (secondary N) is 1. The van der Waals surface area contributed by atoms with Crippen LogP contribution < -0.4 is 5.32 Å². The van der Waals surface area contributed by atoms with E-state index in [0.29, 0.717) is 16.9 Å². The summed E-state index contributed by atoms with van der Waals surface area (Å²) in [5.74, 6) is 1.14. The molecule has 0 aliphatic heterocycles. The molecule has 1 rings (SSSR count). The van der Waals surface area contributed by atoms with E-state index in [0.717, 1.165) is 0 Å². The monoisotopic (exact) mass is 314 g/mol. The largest absolute Gasteiger partial charge is 0.415 e. The van der Waals surface area contributed by atoms with Crippen LogP contribution in [-0.4, -0.2) is 33.7 Å². The molecule has 20 heavy (non-hydrogen) atoms. The molecule has 0 aliphatic rings. The summed E-state index contributed by atoms with van der Waals surface area (Å²) in [5, 5.41) is 19.9. The predicted molar refractivity (Wildman–Crippen MR) is 79.2 cm³/mol. The summed E-state index contributed by atoms with van der Waals surface area (Å²) in [6.07, 6.45) is 1.94. The average Bonchev–Trinajstić information content (AvgIpc) is 2.84. The van der Waals surface area contributed by atoms with E-state index < -0.39 is 5.54 Å². The van der Waals surface area contributed by atoms with Crippen LogP contribution in [0, 0.1) is 17.2 Å². The summed E-state index contributed by atoms with van der Waals surface area (Å²) in [6.45, 7) is 5.50. The topological polar surface area (TPSA) is 91.8 Å². The van der Waals surface area contributed by atoms with E-state index in [2.05, 4.69) is 21.6 Å². The van der Waals surface area contributed by atoms with Crippen molar-refractivity contribution < 1.29 is 9.21 Å². The Bertz CT molecular complexity index is 498. The number of carbonyl (C=O) groups is 1. The van der Waals surface area contributed by atoms with Crippen molar-refractivity contribution in [3.05, 3.63) is 5.89 Å². The number of amides is 1. The molecular weight excluding hydrogens is 296 g/mol. The molecule has 0 spiro atoms. The van der Waals surface area contributed by atoms with Crippen LogP contribution in [0.25, 0.3) is 0 Å². The lowest BCUT2D eigenvalue weighted by molar-refractivity contribution is -0.120. The van der Waals surface area contributed by atoms with Gasteiger partial charge >= 0.3 is 0 Å². The number of nitriles is 1. The fourth-order valence-corrected chi connectivity index (χ4v) is 2.18. The fraction of sp³-hybridized carbons (Fsp3) is 0.667. The van der Waals surface area contributed by atoms with Crippen LogP contribution in [0.3, 0.4) is 0 Å². The second-order valence-electron chi connectivity index (χ2n) is 4.70. The minimum absolute atomic E-state index is 0.0260. The lowest BCUT2D eigenvalue weighted by Crippen LogP contribution is -2.49. The van der Waals surface area contributed by atoms with E-state index in [9.17, 15) is 4.79 Å². The molecule has 0 saturated heterocycles. The van der Waals surface area contributed by atoms with Gasteiger partial charge in [0.2, 0.25) is 11.8 Å². The number of hydrogen-bond acceptors (Lipinski definition) is 7. The second-order valence-corrected chi connectivity index (χ2v) is 6.49. The lowest BCUT2D eigenvalue weighted by Gasteiger charge is -2.27. The molecular formula is C12H18N4O2S2. The highest BCUT2D eigenvalue weighted by atomic mass is 32.2. The van der Waals surface area contributed by atoms with Gasteiger partial charge in [0.05, 0.1) is 17.6 Å². The SMILES string of the molecule is CSCc1nnc(SCC(=O)NC(C)(C#N)C(C)C)o1. The zero-order chi connectivity index (χ0) is 15.2. The minimum atomic E-state index is -0.865. The van der Waals surface area contributed by atoms with Crippen LogP contribution in [0.1, 0.15) is 26.7 Å². The molecule has 0 saturated carbocycles. The first-order valence-electron chi connectivity index (χ1n) is 6.07. The zero-order valence-electron chi connectivity index (χ0n) is 12.0. The van der Waals surface area contributed by atoms with Gasteiger partial charge in [0.15, 0.2) is 0 Å². The molecule has 0 fully saturated rings. The van der Waals surface area contributed by atoms with Crippen molar-refractivity contribution in [1.29, 1.82) is 5.26 Å². The van der Waals surface area contributed by atoms with Crippen LogP contribution >= 0.6 is 23.5 Å².